The van der Waals surface area contributed by atoms with Gasteiger partial charge in [0.2, 0.25) is 0 Å². The van der Waals surface area contributed by atoms with Crippen molar-refractivity contribution in [2.75, 3.05) is 0 Å². The van der Waals surface area contributed by atoms with Crippen LogP contribution in [0.4, 0.5) is 0 Å². The summed E-state index contributed by atoms with van der Waals surface area (Å²) in [6.07, 6.45) is 2.09. The molecule has 1 atom stereocenters. The van der Waals surface area contributed by atoms with E-state index >= 15 is 0 Å². The summed E-state index contributed by atoms with van der Waals surface area (Å²) in [6.45, 7) is 4.36. The second-order valence-electron chi connectivity index (χ2n) is 4.89. The van der Waals surface area contributed by atoms with E-state index in [4.69, 9.17) is 17.3 Å². The average molecular weight is 353 g/mol. The SMILES string of the molecule is CCc1ccc(C(N)c2ccc(Br)c(Cl)c2)cc1CC. The molecule has 0 bridgehead atoms. The van der Waals surface area contributed by atoms with Gasteiger partial charge in [-0.25, -0.2) is 0 Å². The minimum atomic E-state index is -0.142. The van der Waals surface area contributed by atoms with Crippen molar-refractivity contribution in [3.8, 4) is 0 Å². The molecule has 0 amide bonds. The largest absolute Gasteiger partial charge is 0.320 e. The third-order valence-electron chi connectivity index (χ3n) is 3.65. The predicted molar refractivity (Wildman–Crippen MR) is 90.4 cm³/mol. The third-order valence-corrected chi connectivity index (χ3v) is 4.89. The van der Waals surface area contributed by atoms with Crippen LogP contribution in [0.25, 0.3) is 0 Å². The Bertz CT molecular complexity index is 610. The van der Waals surface area contributed by atoms with Gasteiger partial charge >= 0.3 is 0 Å². The van der Waals surface area contributed by atoms with Crippen LogP contribution in [0.5, 0.6) is 0 Å². The van der Waals surface area contributed by atoms with Gasteiger partial charge < -0.3 is 5.73 Å². The molecule has 0 saturated carbocycles. The molecule has 2 rings (SSSR count). The summed E-state index contributed by atoms with van der Waals surface area (Å²) in [7, 11) is 0. The van der Waals surface area contributed by atoms with Gasteiger partial charge in [-0.1, -0.05) is 49.7 Å². The minimum Gasteiger partial charge on any atom is -0.320 e. The normalized spacial score (nSPS) is 12.4. The zero-order valence-corrected chi connectivity index (χ0v) is 14.1. The van der Waals surface area contributed by atoms with Gasteiger partial charge in [-0.3, -0.25) is 0 Å². The summed E-state index contributed by atoms with van der Waals surface area (Å²) in [4.78, 5) is 0. The molecule has 0 aliphatic rings. The molecule has 1 unspecified atom stereocenters. The van der Waals surface area contributed by atoms with E-state index in [9.17, 15) is 0 Å². The summed E-state index contributed by atoms with van der Waals surface area (Å²) >= 11 is 9.55. The summed E-state index contributed by atoms with van der Waals surface area (Å²) in [5.41, 5.74) is 11.3. The maximum atomic E-state index is 6.38. The lowest BCUT2D eigenvalue weighted by Crippen LogP contribution is -2.12. The van der Waals surface area contributed by atoms with Crippen LogP contribution >= 0.6 is 27.5 Å². The Balaban J connectivity index is 2.37. The molecule has 2 aromatic carbocycles. The van der Waals surface area contributed by atoms with Gasteiger partial charge in [0.1, 0.15) is 0 Å². The Hall–Kier alpha value is -0.830. The van der Waals surface area contributed by atoms with Gasteiger partial charge in [0.05, 0.1) is 11.1 Å². The number of hydrogen-bond donors (Lipinski definition) is 1. The van der Waals surface area contributed by atoms with Crippen molar-refractivity contribution in [2.24, 2.45) is 5.73 Å². The predicted octanol–water partition coefficient (Wildman–Crippen LogP) is 5.28. The first-order valence-electron chi connectivity index (χ1n) is 6.89. The first kappa shape index (κ1) is 15.6. The molecule has 20 heavy (non-hydrogen) atoms. The van der Waals surface area contributed by atoms with E-state index in [0.29, 0.717) is 5.02 Å². The first-order valence-corrected chi connectivity index (χ1v) is 8.06. The molecule has 1 nitrogen and oxygen atoms in total. The fourth-order valence-corrected chi connectivity index (χ4v) is 2.85. The van der Waals surface area contributed by atoms with Crippen LogP contribution in [0.2, 0.25) is 5.02 Å². The van der Waals surface area contributed by atoms with Crippen LogP contribution < -0.4 is 5.73 Å². The minimum absolute atomic E-state index is 0.142. The standard InChI is InChI=1S/C17H19BrClN/c1-3-11-5-6-13(9-12(11)4-2)17(20)14-7-8-15(18)16(19)10-14/h5-10,17H,3-4,20H2,1-2H3. The maximum absolute atomic E-state index is 6.38. The first-order chi connectivity index (χ1) is 9.56. The smallest absolute Gasteiger partial charge is 0.0552 e. The highest BCUT2D eigenvalue weighted by atomic mass is 79.9. The molecule has 0 aliphatic heterocycles. The lowest BCUT2D eigenvalue weighted by Gasteiger charge is -2.16. The van der Waals surface area contributed by atoms with E-state index in [2.05, 4.69) is 48.0 Å². The molecule has 106 valence electrons. The van der Waals surface area contributed by atoms with Gasteiger partial charge in [0, 0.05) is 4.47 Å². The molecule has 0 aromatic heterocycles. The lowest BCUT2D eigenvalue weighted by atomic mass is 9.94. The van der Waals surface area contributed by atoms with Gasteiger partial charge in [-0.15, -0.1) is 0 Å². The van der Waals surface area contributed by atoms with Crippen molar-refractivity contribution in [1.82, 2.24) is 0 Å². The van der Waals surface area contributed by atoms with Crippen molar-refractivity contribution in [1.29, 1.82) is 0 Å². The third kappa shape index (κ3) is 3.25. The molecule has 2 aromatic rings. The Kier molecular flexibility index (Phi) is 5.25. The average Bonchev–Trinajstić information content (AvgIpc) is 2.48. The van der Waals surface area contributed by atoms with Crippen molar-refractivity contribution in [2.45, 2.75) is 32.7 Å². The van der Waals surface area contributed by atoms with Crippen molar-refractivity contribution in [3.63, 3.8) is 0 Å². The van der Waals surface area contributed by atoms with Crippen LogP contribution in [-0.2, 0) is 12.8 Å². The van der Waals surface area contributed by atoms with E-state index in [1.807, 2.05) is 18.2 Å². The summed E-state index contributed by atoms with van der Waals surface area (Å²) in [5.74, 6) is 0. The fraction of sp³-hybridized carbons (Fsp3) is 0.294. The van der Waals surface area contributed by atoms with Gasteiger partial charge in [0.25, 0.3) is 0 Å². The summed E-state index contributed by atoms with van der Waals surface area (Å²) < 4.78 is 0.894. The van der Waals surface area contributed by atoms with Gasteiger partial charge in [-0.05, 0) is 63.2 Å². The van der Waals surface area contributed by atoms with E-state index in [1.54, 1.807) is 0 Å². The van der Waals surface area contributed by atoms with Crippen LogP contribution in [0.3, 0.4) is 0 Å². The summed E-state index contributed by atoms with van der Waals surface area (Å²) in [5, 5.41) is 0.693. The van der Waals surface area contributed by atoms with E-state index in [-0.39, 0.29) is 6.04 Å². The molecule has 0 heterocycles. The molecule has 0 spiro atoms. The monoisotopic (exact) mass is 351 g/mol. The molecule has 0 radical (unpaired) electrons. The molecule has 0 fully saturated rings. The number of halogens is 2. The highest BCUT2D eigenvalue weighted by Crippen LogP contribution is 2.28. The number of hydrogen-bond acceptors (Lipinski definition) is 1. The summed E-state index contributed by atoms with van der Waals surface area (Å²) in [6, 6.07) is 12.3. The maximum Gasteiger partial charge on any atom is 0.0552 e. The lowest BCUT2D eigenvalue weighted by molar-refractivity contribution is 0.863. The highest BCUT2D eigenvalue weighted by molar-refractivity contribution is 9.10. The van der Waals surface area contributed by atoms with Crippen LogP contribution in [0.1, 0.15) is 42.1 Å². The molecular formula is C17H19BrClN. The van der Waals surface area contributed by atoms with E-state index in [0.717, 1.165) is 28.4 Å². The van der Waals surface area contributed by atoms with E-state index < -0.39 is 0 Å². The zero-order valence-electron chi connectivity index (χ0n) is 11.8. The second kappa shape index (κ2) is 6.75. The number of rotatable bonds is 4. The van der Waals surface area contributed by atoms with Crippen molar-refractivity contribution >= 4 is 27.5 Å². The molecule has 0 aliphatic carbocycles. The molecular weight excluding hydrogens is 334 g/mol. The number of benzene rings is 2. The van der Waals surface area contributed by atoms with Crippen molar-refractivity contribution in [3.05, 3.63) is 68.1 Å². The molecule has 0 saturated heterocycles. The highest BCUT2D eigenvalue weighted by Gasteiger charge is 2.12. The second-order valence-corrected chi connectivity index (χ2v) is 6.15. The van der Waals surface area contributed by atoms with Gasteiger partial charge in [0.15, 0.2) is 0 Å². The topological polar surface area (TPSA) is 26.0 Å². The van der Waals surface area contributed by atoms with Crippen molar-refractivity contribution < 1.29 is 0 Å². The number of aryl methyl sites for hydroxylation is 2. The Labute approximate surface area is 134 Å². The Morgan fingerprint density at radius 3 is 2.20 bits per heavy atom. The van der Waals surface area contributed by atoms with Crippen LogP contribution in [0.15, 0.2) is 40.9 Å². The Morgan fingerprint density at radius 1 is 1.00 bits per heavy atom. The fourth-order valence-electron chi connectivity index (χ4n) is 2.41. The van der Waals surface area contributed by atoms with Crippen LogP contribution in [0, 0.1) is 0 Å². The van der Waals surface area contributed by atoms with Gasteiger partial charge in [-0.2, -0.15) is 0 Å². The molecule has 2 N–H and O–H groups in total. The quantitative estimate of drug-likeness (QED) is 0.796. The number of nitrogens with two attached hydrogens (primary N) is 1. The van der Waals surface area contributed by atoms with E-state index in [1.165, 1.54) is 11.1 Å². The zero-order chi connectivity index (χ0) is 14.7. The molecule has 3 heteroatoms. The Morgan fingerprint density at radius 2 is 1.60 bits per heavy atom. The van der Waals surface area contributed by atoms with Crippen LogP contribution in [-0.4, -0.2) is 0 Å².